The maximum atomic E-state index is 5.26. The Labute approximate surface area is 106 Å². The molecule has 0 aromatic heterocycles. The van der Waals surface area contributed by atoms with Gasteiger partial charge in [0.2, 0.25) is 0 Å². The summed E-state index contributed by atoms with van der Waals surface area (Å²) in [7, 11) is 0. The minimum Gasteiger partial charge on any atom is -0.363 e. The van der Waals surface area contributed by atoms with E-state index in [0.29, 0.717) is 6.04 Å². The van der Waals surface area contributed by atoms with Crippen LogP contribution in [-0.4, -0.2) is 17.7 Å². The zero-order valence-corrected chi connectivity index (χ0v) is 11.5. The standard InChI is InChI=1S/C13H26N2S/c1-3-5-11-6-8-12(9-7-11)15-13(16)14-10-4-2/h11-12H,3-10H2,1-2H3,(H2,14,15,16). The van der Waals surface area contributed by atoms with Crippen molar-refractivity contribution < 1.29 is 0 Å². The average molecular weight is 242 g/mol. The molecule has 0 aromatic rings. The highest BCUT2D eigenvalue weighted by Crippen LogP contribution is 2.27. The first kappa shape index (κ1) is 13.8. The van der Waals surface area contributed by atoms with Crippen LogP contribution < -0.4 is 10.6 Å². The second-order valence-electron chi connectivity index (χ2n) is 4.91. The maximum absolute atomic E-state index is 5.26. The van der Waals surface area contributed by atoms with Crippen LogP contribution in [0.2, 0.25) is 0 Å². The summed E-state index contributed by atoms with van der Waals surface area (Å²) in [5.74, 6) is 0.972. The van der Waals surface area contributed by atoms with Crippen LogP contribution >= 0.6 is 12.2 Å². The van der Waals surface area contributed by atoms with Crippen LogP contribution in [-0.2, 0) is 0 Å². The Morgan fingerprint density at radius 2 is 1.81 bits per heavy atom. The molecule has 0 bridgehead atoms. The van der Waals surface area contributed by atoms with Gasteiger partial charge in [0, 0.05) is 12.6 Å². The van der Waals surface area contributed by atoms with Crippen LogP contribution in [0.25, 0.3) is 0 Å². The maximum Gasteiger partial charge on any atom is 0.166 e. The van der Waals surface area contributed by atoms with Gasteiger partial charge in [0.15, 0.2) is 5.11 Å². The highest BCUT2D eigenvalue weighted by Gasteiger charge is 2.20. The third kappa shape index (κ3) is 5.15. The average Bonchev–Trinajstić information content (AvgIpc) is 2.29. The van der Waals surface area contributed by atoms with Crippen molar-refractivity contribution >= 4 is 17.3 Å². The molecule has 0 aromatic carbocycles. The molecule has 3 heteroatoms. The van der Waals surface area contributed by atoms with Crippen LogP contribution in [0.5, 0.6) is 0 Å². The van der Waals surface area contributed by atoms with Crippen LogP contribution in [0.15, 0.2) is 0 Å². The number of rotatable bonds is 5. The van der Waals surface area contributed by atoms with Crippen molar-refractivity contribution in [3.05, 3.63) is 0 Å². The van der Waals surface area contributed by atoms with E-state index in [4.69, 9.17) is 12.2 Å². The highest BCUT2D eigenvalue weighted by molar-refractivity contribution is 7.80. The summed E-state index contributed by atoms with van der Waals surface area (Å²) in [6.07, 6.45) is 9.20. The third-order valence-corrected chi connectivity index (χ3v) is 3.68. The molecule has 0 aliphatic heterocycles. The fourth-order valence-corrected chi connectivity index (χ4v) is 2.75. The summed E-state index contributed by atoms with van der Waals surface area (Å²) in [5.41, 5.74) is 0. The molecular formula is C13H26N2S. The molecule has 1 rings (SSSR count). The molecule has 0 spiro atoms. The van der Waals surface area contributed by atoms with Gasteiger partial charge in [0.25, 0.3) is 0 Å². The van der Waals surface area contributed by atoms with Crippen molar-refractivity contribution in [3.63, 3.8) is 0 Å². The Bertz CT molecular complexity index is 198. The second kappa shape index (κ2) is 7.88. The number of hydrogen-bond acceptors (Lipinski definition) is 1. The van der Waals surface area contributed by atoms with Gasteiger partial charge in [-0.15, -0.1) is 0 Å². The second-order valence-corrected chi connectivity index (χ2v) is 5.31. The molecule has 0 amide bonds. The fraction of sp³-hybridized carbons (Fsp3) is 0.923. The van der Waals surface area contributed by atoms with Crippen molar-refractivity contribution in [2.45, 2.75) is 64.8 Å². The summed E-state index contributed by atoms with van der Waals surface area (Å²) < 4.78 is 0. The predicted molar refractivity (Wildman–Crippen MR) is 74.7 cm³/mol. The van der Waals surface area contributed by atoms with E-state index in [1.807, 2.05) is 0 Å². The molecule has 2 N–H and O–H groups in total. The topological polar surface area (TPSA) is 24.1 Å². The lowest BCUT2D eigenvalue weighted by Crippen LogP contribution is -2.43. The molecule has 1 aliphatic carbocycles. The molecule has 1 saturated carbocycles. The minimum absolute atomic E-state index is 0.616. The molecular weight excluding hydrogens is 216 g/mol. The molecule has 94 valence electrons. The first-order valence-corrected chi connectivity index (χ1v) is 7.21. The first-order chi connectivity index (χ1) is 7.76. The Hall–Kier alpha value is -0.310. The highest BCUT2D eigenvalue weighted by atomic mass is 32.1. The van der Waals surface area contributed by atoms with Crippen molar-refractivity contribution in [1.29, 1.82) is 0 Å². The first-order valence-electron chi connectivity index (χ1n) is 6.80. The van der Waals surface area contributed by atoms with Crippen molar-refractivity contribution in [3.8, 4) is 0 Å². The van der Waals surface area contributed by atoms with E-state index < -0.39 is 0 Å². The van der Waals surface area contributed by atoms with Crippen LogP contribution in [0, 0.1) is 5.92 Å². The SMILES string of the molecule is CCCNC(=S)NC1CCC(CCC)CC1. The van der Waals surface area contributed by atoms with Gasteiger partial charge in [0.05, 0.1) is 0 Å². The number of thiocarbonyl (C=S) groups is 1. The smallest absolute Gasteiger partial charge is 0.166 e. The van der Waals surface area contributed by atoms with Gasteiger partial charge in [-0.05, 0) is 50.2 Å². The van der Waals surface area contributed by atoms with E-state index in [2.05, 4.69) is 24.5 Å². The van der Waals surface area contributed by atoms with E-state index in [0.717, 1.165) is 24.0 Å². The monoisotopic (exact) mass is 242 g/mol. The zero-order chi connectivity index (χ0) is 11.8. The van der Waals surface area contributed by atoms with Gasteiger partial charge < -0.3 is 10.6 Å². The Morgan fingerprint density at radius 1 is 1.12 bits per heavy atom. The molecule has 1 fully saturated rings. The summed E-state index contributed by atoms with van der Waals surface area (Å²) in [6.45, 7) is 5.43. The zero-order valence-electron chi connectivity index (χ0n) is 10.7. The van der Waals surface area contributed by atoms with Crippen molar-refractivity contribution in [1.82, 2.24) is 10.6 Å². The van der Waals surface area contributed by atoms with E-state index in [9.17, 15) is 0 Å². The minimum atomic E-state index is 0.616. The van der Waals surface area contributed by atoms with E-state index in [1.54, 1.807) is 0 Å². The molecule has 0 atom stereocenters. The Balaban J connectivity index is 2.14. The Kier molecular flexibility index (Phi) is 6.78. The van der Waals surface area contributed by atoms with E-state index >= 15 is 0 Å². The lowest BCUT2D eigenvalue weighted by atomic mass is 9.83. The van der Waals surface area contributed by atoms with Crippen LogP contribution in [0.1, 0.15) is 58.8 Å². The summed E-state index contributed by atoms with van der Waals surface area (Å²) in [6, 6.07) is 0.616. The van der Waals surface area contributed by atoms with Crippen molar-refractivity contribution in [2.75, 3.05) is 6.54 Å². The lowest BCUT2D eigenvalue weighted by Gasteiger charge is -2.29. The van der Waals surface area contributed by atoms with Gasteiger partial charge in [-0.25, -0.2) is 0 Å². The summed E-state index contributed by atoms with van der Waals surface area (Å²) in [4.78, 5) is 0. The summed E-state index contributed by atoms with van der Waals surface area (Å²) >= 11 is 5.26. The number of nitrogens with one attached hydrogen (secondary N) is 2. The largest absolute Gasteiger partial charge is 0.363 e. The van der Waals surface area contributed by atoms with Gasteiger partial charge >= 0.3 is 0 Å². The molecule has 0 saturated heterocycles. The van der Waals surface area contributed by atoms with E-state index in [-0.39, 0.29) is 0 Å². The summed E-state index contributed by atoms with van der Waals surface area (Å²) in [5, 5.41) is 7.52. The van der Waals surface area contributed by atoms with Gasteiger partial charge in [-0.2, -0.15) is 0 Å². The fourth-order valence-electron chi connectivity index (χ4n) is 2.48. The lowest BCUT2D eigenvalue weighted by molar-refractivity contribution is 0.295. The molecule has 0 radical (unpaired) electrons. The third-order valence-electron chi connectivity index (χ3n) is 3.41. The molecule has 2 nitrogen and oxygen atoms in total. The molecule has 0 heterocycles. The van der Waals surface area contributed by atoms with Crippen molar-refractivity contribution in [2.24, 2.45) is 5.92 Å². The molecule has 0 unspecified atom stereocenters. The van der Waals surface area contributed by atoms with Gasteiger partial charge in [-0.1, -0.05) is 26.7 Å². The van der Waals surface area contributed by atoms with E-state index in [1.165, 1.54) is 38.5 Å². The van der Waals surface area contributed by atoms with Crippen LogP contribution in [0.3, 0.4) is 0 Å². The normalized spacial score (nSPS) is 25.1. The predicted octanol–water partition coefficient (Wildman–Crippen LogP) is 3.22. The van der Waals surface area contributed by atoms with Crippen LogP contribution in [0.4, 0.5) is 0 Å². The number of hydrogen-bond donors (Lipinski definition) is 2. The Morgan fingerprint density at radius 3 is 2.38 bits per heavy atom. The molecule has 16 heavy (non-hydrogen) atoms. The van der Waals surface area contributed by atoms with Gasteiger partial charge in [0.1, 0.15) is 0 Å². The quantitative estimate of drug-likeness (QED) is 0.724. The van der Waals surface area contributed by atoms with Gasteiger partial charge in [-0.3, -0.25) is 0 Å². The molecule has 1 aliphatic rings.